The molecule has 0 radical (unpaired) electrons. The summed E-state index contributed by atoms with van der Waals surface area (Å²) in [7, 11) is 0. The normalized spacial score (nSPS) is 14.5. The summed E-state index contributed by atoms with van der Waals surface area (Å²) in [4.78, 5) is 36.6. The Bertz CT molecular complexity index is 1220. The topological polar surface area (TPSA) is 125 Å². The molecule has 3 rings (SSSR count). The Kier molecular flexibility index (Phi) is 6.02. The van der Waals surface area contributed by atoms with E-state index in [-0.39, 0.29) is 35.4 Å². The average molecular weight is 420 g/mol. The molecule has 0 unspecified atom stereocenters. The predicted octanol–water partition coefficient (Wildman–Crippen LogP) is 2.10. The molecular weight excluding hydrogens is 400 g/mol. The molecular formula is C22H20N4O5. The minimum absolute atomic E-state index is 0.145. The number of carbonyl (C=O) groups is 2. The molecule has 0 bridgehead atoms. The fraction of sp³-hybridized carbons (Fsp3) is 0.227. The number of amides is 1. The first-order valence-corrected chi connectivity index (χ1v) is 9.42. The lowest BCUT2D eigenvalue weighted by molar-refractivity contribution is -0.141. The number of anilines is 1. The van der Waals surface area contributed by atoms with Crippen LogP contribution in [0.3, 0.4) is 0 Å². The van der Waals surface area contributed by atoms with Crippen molar-refractivity contribution in [2.45, 2.75) is 27.3 Å². The molecule has 9 nitrogen and oxygen atoms in total. The molecule has 0 aliphatic carbocycles. The van der Waals surface area contributed by atoms with Crippen molar-refractivity contribution in [3.8, 4) is 11.9 Å². The van der Waals surface area contributed by atoms with Gasteiger partial charge in [-0.3, -0.25) is 19.0 Å². The van der Waals surface area contributed by atoms with Crippen molar-refractivity contribution in [3.05, 3.63) is 62.9 Å². The smallest absolute Gasteiger partial charge is 0.302 e. The fourth-order valence-corrected chi connectivity index (χ4v) is 3.20. The van der Waals surface area contributed by atoms with Gasteiger partial charge in [0.05, 0.1) is 23.5 Å². The number of nitrogens with zero attached hydrogens (tertiary/aromatic N) is 4. The molecule has 0 atom stereocenters. The number of pyridine rings is 1. The second-order valence-corrected chi connectivity index (χ2v) is 6.84. The number of ether oxygens (including phenoxy) is 1. The Labute approximate surface area is 178 Å². The summed E-state index contributed by atoms with van der Waals surface area (Å²) in [5.74, 6) is -1.37. The highest BCUT2D eigenvalue weighted by atomic mass is 16.5. The minimum atomic E-state index is -0.708. The van der Waals surface area contributed by atoms with E-state index < -0.39 is 23.3 Å². The quantitative estimate of drug-likeness (QED) is 0.583. The zero-order chi connectivity index (χ0) is 22.7. The summed E-state index contributed by atoms with van der Waals surface area (Å²) in [6.45, 7) is 4.09. The maximum Gasteiger partial charge on any atom is 0.302 e. The zero-order valence-electron chi connectivity index (χ0n) is 17.2. The van der Waals surface area contributed by atoms with Crippen LogP contribution in [0.1, 0.15) is 30.5 Å². The molecule has 1 N–H and O–H groups in total. The summed E-state index contributed by atoms with van der Waals surface area (Å²) in [6.07, 6.45) is 1.41. The number of carbonyl (C=O) groups excluding carboxylic acids is 2. The van der Waals surface area contributed by atoms with Gasteiger partial charge in [-0.1, -0.05) is 18.2 Å². The Morgan fingerprint density at radius 2 is 1.94 bits per heavy atom. The monoisotopic (exact) mass is 420 g/mol. The largest absolute Gasteiger partial charge is 0.494 e. The molecule has 1 aromatic heterocycles. The highest BCUT2D eigenvalue weighted by Gasteiger charge is 2.30. The minimum Gasteiger partial charge on any atom is -0.494 e. The van der Waals surface area contributed by atoms with E-state index in [0.717, 1.165) is 4.57 Å². The van der Waals surface area contributed by atoms with Gasteiger partial charge < -0.3 is 9.84 Å². The number of esters is 1. The van der Waals surface area contributed by atoms with Crippen LogP contribution in [-0.2, 0) is 20.9 Å². The van der Waals surface area contributed by atoms with Crippen LogP contribution in [0.5, 0.6) is 5.88 Å². The lowest BCUT2D eigenvalue weighted by Gasteiger charge is -2.15. The third-order valence-corrected chi connectivity index (χ3v) is 4.82. The van der Waals surface area contributed by atoms with Crippen LogP contribution in [0.2, 0.25) is 0 Å². The number of aromatic nitrogens is 1. The Morgan fingerprint density at radius 1 is 1.26 bits per heavy atom. The fourth-order valence-electron chi connectivity index (χ4n) is 3.20. The number of aromatic hydroxyl groups is 1. The van der Waals surface area contributed by atoms with Crippen molar-refractivity contribution in [2.75, 3.05) is 11.6 Å². The lowest BCUT2D eigenvalue weighted by Crippen LogP contribution is -2.27. The number of rotatable bonds is 5. The van der Waals surface area contributed by atoms with Gasteiger partial charge in [0.1, 0.15) is 18.2 Å². The van der Waals surface area contributed by atoms with Crippen LogP contribution in [0.25, 0.3) is 6.08 Å². The molecule has 2 aromatic rings. The van der Waals surface area contributed by atoms with Gasteiger partial charge in [0, 0.05) is 12.5 Å². The van der Waals surface area contributed by atoms with Gasteiger partial charge in [-0.25, -0.2) is 0 Å². The first-order chi connectivity index (χ1) is 14.8. The number of para-hydroxylation sites is 1. The third-order valence-electron chi connectivity index (χ3n) is 4.82. The summed E-state index contributed by atoms with van der Waals surface area (Å²) >= 11 is 0. The van der Waals surface area contributed by atoms with E-state index in [1.54, 1.807) is 31.2 Å². The number of hydrogen-bond donors (Lipinski definition) is 1. The summed E-state index contributed by atoms with van der Waals surface area (Å²) < 4.78 is 5.79. The van der Waals surface area contributed by atoms with Crippen molar-refractivity contribution in [1.29, 1.82) is 5.26 Å². The Hall–Kier alpha value is -4.19. The van der Waals surface area contributed by atoms with Crippen LogP contribution in [0.15, 0.2) is 45.8 Å². The maximum absolute atomic E-state index is 13.0. The van der Waals surface area contributed by atoms with E-state index in [1.807, 2.05) is 12.1 Å². The van der Waals surface area contributed by atoms with Gasteiger partial charge in [0.15, 0.2) is 0 Å². The summed E-state index contributed by atoms with van der Waals surface area (Å²) in [6, 6.07) is 10.7. The van der Waals surface area contributed by atoms with Crippen LogP contribution < -0.4 is 10.6 Å². The number of hydrazone groups is 1. The van der Waals surface area contributed by atoms with Gasteiger partial charge in [-0.15, -0.1) is 0 Å². The zero-order valence-corrected chi connectivity index (χ0v) is 17.2. The number of hydrogen-bond acceptors (Lipinski definition) is 7. The Balaban J connectivity index is 2.08. The van der Waals surface area contributed by atoms with Crippen molar-refractivity contribution in [1.82, 2.24) is 4.57 Å². The predicted molar refractivity (Wildman–Crippen MR) is 113 cm³/mol. The van der Waals surface area contributed by atoms with Crippen molar-refractivity contribution < 1.29 is 19.4 Å². The van der Waals surface area contributed by atoms with Gasteiger partial charge >= 0.3 is 5.97 Å². The molecule has 31 heavy (non-hydrogen) atoms. The van der Waals surface area contributed by atoms with Crippen molar-refractivity contribution in [3.63, 3.8) is 0 Å². The van der Waals surface area contributed by atoms with E-state index in [4.69, 9.17) is 4.74 Å². The van der Waals surface area contributed by atoms with Gasteiger partial charge in [0.25, 0.3) is 11.5 Å². The van der Waals surface area contributed by atoms with Crippen LogP contribution >= 0.6 is 0 Å². The van der Waals surface area contributed by atoms with Gasteiger partial charge in [-0.05, 0) is 37.6 Å². The molecule has 0 fully saturated rings. The Morgan fingerprint density at radius 3 is 2.55 bits per heavy atom. The number of benzene rings is 1. The summed E-state index contributed by atoms with van der Waals surface area (Å²) in [5.41, 5.74) is 0.723. The second kappa shape index (κ2) is 8.67. The van der Waals surface area contributed by atoms with Crippen LogP contribution in [-0.4, -0.2) is 33.9 Å². The molecule has 0 saturated heterocycles. The van der Waals surface area contributed by atoms with Crippen molar-refractivity contribution >= 4 is 29.4 Å². The molecule has 0 spiro atoms. The first kappa shape index (κ1) is 21.5. The molecule has 1 amide bonds. The highest BCUT2D eigenvalue weighted by molar-refractivity contribution is 6.32. The van der Waals surface area contributed by atoms with E-state index in [1.165, 1.54) is 24.9 Å². The van der Waals surface area contributed by atoms with Crippen LogP contribution in [0.4, 0.5) is 5.69 Å². The van der Waals surface area contributed by atoms with E-state index >= 15 is 0 Å². The second-order valence-electron chi connectivity index (χ2n) is 6.84. The SMILES string of the molecule is CC(=O)OCCn1c(O)c(/C=C2\C(=O)N(c3ccccc3)N=C2C)c(C)c(C#N)c1=O. The standard InChI is InChI=1S/C22H20N4O5/c1-13-17(20(28)25(9-10-31-15(3)27)21(29)19(13)12-23)11-18-14(2)24-26(22(18)30)16-7-5-4-6-8-16/h4-8,11,28H,9-10H2,1-3H3/b18-11-. The first-order valence-electron chi connectivity index (χ1n) is 9.42. The molecule has 1 aliphatic rings. The van der Waals surface area contributed by atoms with Crippen molar-refractivity contribution in [2.24, 2.45) is 5.10 Å². The highest BCUT2D eigenvalue weighted by Crippen LogP contribution is 2.29. The average Bonchev–Trinajstić information content (AvgIpc) is 3.02. The molecule has 0 saturated carbocycles. The molecule has 9 heteroatoms. The van der Waals surface area contributed by atoms with E-state index in [0.29, 0.717) is 11.4 Å². The molecule has 158 valence electrons. The molecule has 2 heterocycles. The summed E-state index contributed by atoms with van der Waals surface area (Å²) in [5, 5.41) is 25.7. The molecule has 1 aliphatic heterocycles. The van der Waals surface area contributed by atoms with E-state index in [9.17, 15) is 24.8 Å². The van der Waals surface area contributed by atoms with E-state index in [2.05, 4.69) is 5.10 Å². The lowest BCUT2D eigenvalue weighted by atomic mass is 10.0. The van der Waals surface area contributed by atoms with Gasteiger partial charge in [0.2, 0.25) is 5.88 Å². The van der Waals surface area contributed by atoms with Crippen LogP contribution in [0, 0.1) is 18.3 Å². The maximum atomic E-state index is 13.0. The van der Waals surface area contributed by atoms with Gasteiger partial charge in [-0.2, -0.15) is 15.4 Å². The number of nitriles is 1. The molecule has 1 aromatic carbocycles. The third kappa shape index (κ3) is 4.09.